The first-order chi connectivity index (χ1) is 11.6. The molecular weight excluding hydrogens is 316 g/mol. The van der Waals surface area contributed by atoms with Crippen molar-refractivity contribution < 1.29 is 0 Å². The number of rotatable bonds is 5. The lowest BCUT2D eigenvalue weighted by molar-refractivity contribution is 0.101. The molecule has 1 heterocycles. The molecule has 0 amide bonds. The van der Waals surface area contributed by atoms with Crippen LogP contribution in [0.3, 0.4) is 0 Å². The highest BCUT2D eigenvalue weighted by Crippen LogP contribution is 2.30. The van der Waals surface area contributed by atoms with E-state index in [0.717, 1.165) is 37.1 Å². The summed E-state index contributed by atoms with van der Waals surface area (Å²) in [5.41, 5.74) is 2.68. The summed E-state index contributed by atoms with van der Waals surface area (Å²) < 4.78 is 0. The van der Waals surface area contributed by atoms with E-state index in [0.29, 0.717) is 6.04 Å². The topological polar surface area (TPSA) is 6.48 Å². The molecule has 2 aromatic carbocycles. The number of piperazine rings is 1. The molecule has 1 unspecified atom stereocenters. The third kappa shape index (κ3) is 4.38. The standard InChI is InChI=1S/C21H27ClN2/c1-17(2)16-23-12-14-24(15-13-23)21(18-6-4-3-5-7-18)19-8-10-20(22)11-9-19/h3-11,17,21H,12-16H2,1-2H3. The average Bonchev–Trinajstić information content (AvgIpc) is 2.59. The lowest BCUT2D eigenvalue weighted by atomic mass is 9.96. The predicted molar refractivity (Wildman–Crippen MR) is 103 cm³/mol. The second-order valence-electron chi connectivity index (χ2n) is 7.10. The molecule has 3 heteroatoms. The van der Waals surface area contributed by atoms with E-state index in [1.165, 1.54) is 17.7 Å². The number of halogens is 1. The molecule has 1 aliphatic rings. The highest BCUT2D eigenvalue weighted by Gasteiger charge is 2.26. The molecular formula is C21H27ClN2. The van der Waals surface area contributed by atoms with Gasteiger partial charge in [0.15, 0.2) is 0 Å². The fourth-order valence-electron chi connectivity index (χ4n) is 3.62. The van der Waals surface area contributed by atoms with Gasteiger partial charge in [0.2, 0.25) is 0 Å². The zero-order valence-corrected chi connectivity index (χ0v) is 15.4. The quantitative estimate of drug-likeness (QED) is 0.776. The van der Waals surface area contributed by atoms with E-state index in [4.69, 9.17) is 11.6 Å². The van der Waals surface area contributed by atoms with Crippen molar-refractivity contribution in [1.29, 1.82) is 0 Å². The van der Waals surface area contributed by atoms with E-state index in [1.54, 1.807) is 0 Å². The Morgan fingerprint density at radius 2 is 1.42 bits per heavy atom. The molecule has 2 nitrogen and oxygen atoms in total. The SMILES string of the molecule is CC(C)CN1CCN(C(c2ccccc2)c2ccc(Cl)cc2)CC1. The van der Waals surface area contributed by atoms with Crippen molar-refractivity contribution in [3.05, 3.63) is 70.7 Å². The zero-order valence-electron chi connectivity index (χ0n) is 14.7. The second-order valence-corrected chi connectivity index (χ2v) is 7.53. The Morgan fingerprint density at radius 1 is 0.833 bits per heavy atom. The number of benzene rings is 2. The van der Waals surface area contributed by atoms with Crippen LogP contribution in [0.25, 0.3) is 0 Å². The number of hydrogen-bond acceptors (Lipinski definition) is 2. The molecule has 3 rings (SSSR count). The van der Waals surface area contributed by atoms with Crippen LogP contribution in [0.2, 0.25) is 5.02 Å². The van der Waals surface area contributed by atoms with Crippen molar-refractivity contribution in [3.8, 4) is 0 Å². The van der Waals surface area contributed by atoms with Crippen LogP contribution in [-0.4, -0.2) is 42.5 Å². The molecule has 0 bridgehead atoms. The molecule has 0 spiro atoms. The molecule has 0 aromatic heterocycles. The van der Waals surface area contributed by atoms with Crippen LogP contribution in [0.1, 0.15) is 31.0 Å². The normalized spacial score (nSPS) is 18.0. The van der Waals surface area contributed by atoms with E-state index < -0.39 is 0 Å². The molecule has 24 heavy (non-hydrogen) atoms. The van der Waals surface area contributed by atoms with Crippen LogP contribution in [-0.2, 0) is 0 Å². The summed E-state index contributed by atoms with van der Waals surface area (Å²) in [5.74, 6) is 0.734. The summed E-state index contributed by atoms with van der Waals surface area (Å²) in [7, 11) is 0. The Bertz CT molecular complexity index is 616. The minimum absolute atomic E-state index is 0.310. The molecule has 128 valence electrons. The Kier molecular flexibility index (Phi) is 5.94. The number of hydrogen-bond donors (Lipinski definition) is 0. The fourth-order valence-corrected chi connectivity index (χ4v) is 3.74. The van der Waals surface area contributed by atoms with Gasteiger partial charge in [0.05, 0.1) is 6.04 Å². The van der Waals surface area contributed by atoms with E-state index in [2.05, 4.69) is 66.1 Å². The van der Waals surface area contributed by atoms with Gasteiger partial charge in [-0.25, -0.2) is 0 Å². The van der Waals surface area contributed by atoms with E-state index >= 15 is 0 Å². The van der Waals surface area contributed by atoms with E-state index in [9.17, 15) is 0 Å². The summed E-state index contributed by atoms with van der Waals surface area (Å²) >= 11 is 6.10. The molecule has 0 N–H and O–H groups in total. The van der Waals surface area contributed by atoms with Crippen LogP contribution in [0.15, 0.2) is 54.6 Å². The first-order valence-electron chi connectivity index (χ1n) is 8.90. The monoisotopic (exact) mass is 342 g/mol. The largest absolute Gasteiger partial charge is 0.301 e. The molecule has 1 saturated heterocycles. The first kappa shape index (κ1) is 17.5. The molecule has 2 aromatic rings. The molecule has 0 aliphatic carbocycles. The van der Waals surface area contributed by atoms with Gasteiger partial charge in [0.1, 0.15) is 0 Å². The maximum absolute atomic E-state index is 6.10. The minimum Gasteiger partial charge on any atom is -0.301 e. The van der Waals surface area contributed by atoms with E-state index in [1.807, 2.05) is 12.1 Å². The summed E-state index contributed by atoms with van der Waals surface area (Å²) in [6, 6.07) is 19.5. The molecule has 0 radical (unpaired) electrons. The zero-order chi connectivity index (χ0) is 16.9. The maximum atomic E-state index is 6.10. The molecule has 1 atom stereocenters. The van der Waals surface area contributed by atoms with Gasteiger partial charge >= 0.3 is 0 Å². The third-order valence-electron chi connectivity index (χ3n) is 4.70. The third-order valence-corrected chi connectivity index (χ3v) is 4.95. The summed E-state index contributed by atoms with van der Waals surface area (Å²) in [5, 5.41) is 0.798. The minimum atomic E-state index is 0.310. The van der Waals surface area contributed by atoms with Crippen molar-refractivity contribution in [2.75, 3.05) is 32.7 Å². The van der Waals surface area contributed by atoms with E-state index in [-0.39, 0.29) is 0 Å². The van der Waals surface area contributed by atoms with Crippen molar-refractivity contribution in [1.82, 2.24) is 9.80 Å². The smallest absolute Gasteiger partial charge is 0.0602 e. The van der Waals surface area contributed by atoms with Crippen LogP contribution in [0.4, 0.5) is 0 Å². The Hall–Kier alpha value is -1.35. The number of nitrogens with zero attached hydrogens (tertiary/aromatic N) is 2. The highest BCUT2D eigenvalue weighted by molar-refractivity contribution is 6.30. The summed E-state index contributed by atoms with van der Waals surface area (Å²) in [6.45, 7) is 10.3. The van der Waals surface area contributed by atoms with Crippen molar-refractivity contribution in [3.63, 3.8) is 0 Å². The van der Waals surface area contributed by atoms with Crippen molar-refractivity contribution in [2.45, 2.75) is 19.9 Å². The van der Waals surface area contributed by atoms with Crippen LogP contribution in [0.5, 0.6) is 0 Å². The Morgan fingerprint density at radius 3 is 2.00 bits per heavy atom. The predicted octanol–water partition coefficient (Wildman–Crippen LogP) is 4.70. The van der Waals surface area contributed by atoms with Gasteiger partial charge in [-0.2, -0.15) is 0 Å². The van der Waals surface area contributed by atoms with Crippen LogP contribution < -0.4 is 0 Å². The second kappa shape index (κ2) is 8.15. The molecule has 1 aliphatic heterocycles. The van der Waals surface area contributed by atoms with Gasteiger partial charge in [-0.1, -0.05) is 67.9 Å². The lowest BCUT2D eigenvalue weighted by Gasteiger charge is -2.40. The fraction of sp³-hybridized carbons (Fsp3) is 0.429. The van der Waals surface area contributed by atoms with Gasteiger partial charge in [-0.05, 0) is 29.2 Å². The average molecular weight is 343 g/mol. The van der Waals surface area contributed by atoms with Gasteiger partial charge < -0.3 is 4.90 Å². The van der Waals surface area contributed by atoms with Crippen molar-refractivity contribution in [2.24, 2.45) is 5.92 Å². The lowest BCUT2D eigenvalue weighted by Crippen LogP contribution is -2.48. The van der Waals surface area contributed by atoms with Gasteiger partial charge in [-0.3, -0.25) is 4.90 Å². The maximum Gasteiger partial charge on any atom is 0.0602 e. The van der Waals surface area contributed by atoms with Gasteiger partial charge in [-0.15, -0.1) is 0 Å². The molecule has 1 fully saturated rings. The van der Waals surface area contributed by atoms with Gasteiger partial charge in [0.25, 0.3) is 0 Å². The summed E-state index contributed by atoms with van der Waals surface area (Å²) in [6.07, 6.45) is 0. The Labute approximate surface area is 151 Å². The van der Waals surface area contributed by atoms with Crippen LogP contribution >= 0.6 is 11.6 Å². The first-order valence-corrected chi connectivity index (χ1v) is 9.28. The summed E-state index contributed by atoms with van der Waals surface area (Å²) in [4.78, 5) is 5.19. The van der Waals surface area contributed by atoms with Gasteiger partial charge in [0, 0.05) is 37.7 Å². The van der Waals surface area contributed by atoms with Crippen molar-refractivity contribution >= 4 is 11.6 Å². The molecule has 0 saturated carbocycles. The van der Waals surface area contributed by atoms with Crippen LogP contribution in [0, 0.1) is 5.92 Å². The highest BCUT2D eigenvalue weighted by atomic mass is 35.5. The Balaban J connectivity index is 1.80.